The molecule has 2 rings (SSSR count). The maximum absolute atomic E-state index is 11.9. The summed E-state index contributed by atoms with van der Waals surface area (Å²) in [6, 6.07) is 13.3. The quantitative estimate of drug-likeness (QED) is 0.425. The van der Waals surface area contributed by atoms with Crippen LogP contribution >= 0.6 is 35.6 Å². The fourth-order valence-corrected chi connectivity index (χ4v) is 3.08. The summed E-state index contributed by atoms with van der Waals surface area (Å²) in [5.41, 5.74) is 8.38. The first kappa shape index (κ1) is 18.6. The Balaban J connectivity index is 1.75. The summed E-state index contributed by atoms with van der Waals surface area (Å²) < 4.78 is 0. The van der Waals surface area contributed by atoms with Gasteiger partial charge in [-0.05, 0) is 62.0 Å². The number of rotatable bonds is 4. The molecule has 126 valence electrons. The third kappa shape index (κ3) is 6.03. The van der Waals surface area contributed by atoms with E-state index in [0.29, 0.717) is 15.9 Å². The summed E-state index contributed by atoms with van der Waals surface area (Å²) in [6.45, 7) is 4.06. The average molecular weight is 380 g/mol. The first-order chi connectivity index (χ1) is 11.4. The van der Waals surface area contributed by atoms with Crippen LogP contribution in [0.15, 0.2) is 47.4 Å². The maximum Gasteiger partial charge on any atom is 0.248 e. The van der Waals surface area contributed by atoms with E-state index in [1.54, 1.807) is 24.3 Å². The van der Waals surface area contributed by atoms with Crippen molar-refractivity contribution >= 4 is 52.3 Å². The van der Waals surface area contributed by atoms with E-state index < -0.39 is 0 Å². The Morgan fingerprint density at radius 2 is 1.83 bits per heavy atom. The van der Waals surface area contributed by atoms with Gasteiger partial charge >= 0.3 is 0 Å². The van der Waals surface area contributed by atoms with Gasteiger partial charge in [0.25, 0.3) is 0 Å². The highest BCUT2D eigenvalue weighted by molar-refractivity contribution is 8.00. The lowest BCUT2D eigenvalue weighted by Crippen LogP contribution is -2.44. The number of hydrogen-bond donors (Lipinski definition) is 3. The number of carbonyl (C=O) groups is 1. The molecule has 0 aliphatic rings. The normalized spacial score (nSPS) is 10.1. The third-order valence-corrected chi connectivity index (χ3v) is 4.73. The summed E-state index contributed by atoms with van der Waals surface area (Å²) in [5.74, 6) is 0.155. The van der Waals surface area contributed by atoms with Crippen molar-refractivity contribution in [3.63, 3.8) is 0 Å². The van der Waals surface area contributed by atoms with Crippen molar-refractivity contribution in [3.8, 4) is 0 Å². The molecule has 2 aromatic rings. The van der Waals surface area contributed by atoms with Gasteiger partial charge in [-0.2, -0.15) is 0 Å². The van der Waals surface area contributed by atoms with Crippen LogP contribution in [0, 0.1) is 13.8 Å². The van der Waals surface area contributed by atoms with Crippen LogP contribution in [-0.4, -0.2) is 16.8 Å². The van der Waals surface area contributed by atoms with Gasteiger partial charge in [-0.3, -0.25) is 15.6 Å². The Labute approximate surface area is 156 Å². The van der Waals surface area contributed by atoms with E-state index in [1.807, 2.05) is 13.8 Å². The molecule has 0 unspecified atom stereocenters. The number of thioether (sulfide) groups is 1. The van der Waals surface area contributed by atoms with Crippen molar-refractivity contribution in [2.45, 2.75) is 18.7 Å². The average Bonchev–Trinajstić information content (AvgIpc) is 2.56. The molecule has 4 nitrogen and oxygen atoms in total. The molecule has 0 aliphatic heterocycles. The highest BCUT2D eigenvalue weighted by Gasteiger charge is 2.06. The fraction of sp³-hybridized carbons (Fsp3) is 0.176. The molecule has 0 heterocycles. The van der Waals surface area contributed by atoms with Crippen molar-refractivity contribution < 1.29 is 4.79 Å². The van der Waals surface area contributed by atoms with Gasteiger partial charge in [-0.25, -0.2) is 0 Å². The second kappa shape index (κ2) is 8.92. The predicted molar refractivity (Wildman–Crippen MR) is 106 cm³/mol. The molecular weight excluding hydrogens is 362 g/mol. The van der Waals surface area contributed by atoms with Crippen LogP contribution in [0.2, 0.25) is 5.02 Å². The largest absolute Gasteiger partial charge is 0.331 e. The summed E-state index contributed by atoms with van der Waals surface area (Å²) >= 11 is 12.4. The van der Waals surface area contributed by atoms with Crippen LogP contribution in [0.3, 0.4) is 0 Å². The first-order valence-electron chi connectivity index (χ1n) is 7.25. The maximum atomic E-state index is 11.9. The molecule has 7 heteroatoms. The lowest BCUT2D eigenvalue weighted by Gasteiger charge is -2.12. The van der Waals surface area contributed by atoms with E-state index >= 15 is 0 Å². The molecule has 1 amide bonds. The third-order valence-electron chi connectivity index (χ3n) is 3.12. The monoisotopic (exact) mass is 379 g/mol. The number of thiocarbonyl (C=S) groups is 1. The van der Waals surface area contributed by atoms with Crippen LogP contribution in [0.4, 0.5) is 5.69 Å². The number of hydrogen-bond acceptors (Lipinski definition) is 3. The van der Waals surface area contributed by atoms with Crippen LogP contribution in [0.1, 0.15) is 11.1 Å². The van der Waals surface area contributed by atoms with E-state index in [1.165, 1.54) is 17.3 Å². The van der Waals surface area contributed by atoms with Gasteiger partial charge in [0.05, 0.1) is 5.75 Å². The SMILES string of the molecule is Cc1ccc(C)c(SCC(=O)NNC(=S)Nc2ccc(Cl)cc2)c1. The molecule has 0 aromatic heterocycles. The molecule has 0 spiro atoms. The number of hydrazine groups is 1. The lowest BCUT2D eigenvalue weighted by molar-refractivity contribution is -0.119. The van der Waals surface area contributed by atoms with Gasteiger partial charge in [0.1, 0.15) is 0 Å². The molecule has 24 heavy (non-hydrogen) atoms. The highest BCUT2D eigenvalue weighted by atomic mass is 35.5. The Morgan fingerprint density at radius 3 is 2.54 bits per heavy atom. The van der Waals surface area contributed by atoms with E-state index in [-0.39, 0.29) is 5.91 Å². The van der Waals surface area contributed by atoms with Gasteiger partial charge in [-0.15, -0.1) is 11.8 Å². The summed E-state index contributed by atoms with van der Waals surface area (Å²) in [5, 5.41) is 3.91. The second-order valence-corrected chi connectivity index (χ2v) is 7.05. The molecular formula is C17H18ClN3OS2. The standard InChI is InChI=1S/C17H18ClN3OS2/c1-11-3-4-12(2)15(9-11)24-10-16(22)20-21-17(23)19-14-7-5-13(18)6-8-14/h3-9H,10H2,1-2H3,(H,20,22)(H2,19,21,23). The Morgan fingerprint density at radius 1 is 1.12 bits per heavy atom. The molecule has 0 radical (unpaired) electrons. The van der Waals surface area contributed by atoms with Gasteiger partial charge in [0, 0.05) is 15.6 Å². The van der Waals surface area contributed by atoms with E-state index in [9.17, 15) is 4.79 Å². The number of anilines is 1. The molecule has 0 bridgehead atoms. The van der Waals surface area contributed by atoms with E-state index in [4.69, 9.17) is 23.8 Å². The van der Waals surface area contributed by atoms with Gasteiger partial charge in [-0.1, -0.05) is 29.3 Å². The summed E-state index contributed by atoms with van der Waals surface area (Å²) in [6.07, 6.45) is 0. The number of halogens is 1. The zero-order valence-corrected chi connectivity index (χ0v) is 15.7. The number of amides is 1. The van der Waals surface area contributed by atoms with Crippen molar-refractivity contribution in [1.82, 2.24) is 10.9 Å². The molecule has 2 aromatic carbocycles. The predicted octanol–water partition coefficient (Wildman–Crippen LogP) is 4.07. The smallest absolute Gasteiger partial charge is 0.248 e. The molecule has 0 aliphatic carbocycles. The second-order valence-electron chi connectivity index (χ2n) is 5.19. The number of benzene rings is 2. The number of nitrogens with one attached hydrogen (secondary N) is 3. The van der Waals surface area contributed by atoms with Gasteiger partial charge in [0.2, 0.25) is 5.91 Å². The topological polar surface area (TPSA) is 53.2 Å². The Hall–Kier alpha value is -1.76. The number of carbonyl (C=O) groups excluding carboxylic acids is 1. The lowest BCUT2D eigenvalue weighted by atomic mass is 10.2. The Kier molecular flexibility index (Phi) is 6.90. The minimum atomic E-state index is -0.152. The molecule has 0 saturated carbocycles. The zero-order chi connectivity index (χ0) is 17.5. The van der Waals surface area contributed by atoms with Crippen molar-refractivity contribution in [1.29, 1.82) is 0 Å². The molecule has 0 saturated heterocycles. The van der Waals surface area contributed by atoms with Crippen molar-refractivity contribution in [3.05, 3.63) is 58.6 Å². The van der Waals surface area contributed by atoms with E-state index in [0.717, 1.165) is 16.1 Å². The van der Waals surface area contributed by atoms with Crippen LogP contribution in [0.25, 0.3) is 0 Å². The summed E-state index contributed by atoms with van der Waals surface area (Å²) in [7, 11) is 0. The van der Waals surface area contributed by atoms with Crippen LogP contribution < -0.4 is 16.2 Å². The van der Waals surface area contributed by atoms with Crippen LogP contribution in [0.5, 0.6) is 0 Å². The minimum Gasteiger partial charge on any atom is -0.331 e. The van der Waals surface area contributed by atoms with Crippen molar-refractivity contribution in [2.24, 2.45) is 0 Å². The fourth-order valence-electron chi connectivity index (χ4n) is 1.86. The van der Waals surface area contributed by atoms with Gasteiger partial charge < -0.3 is 5.32 Å². The van der Waals surface area contributed by atoms with E-state index in [2.05, 4.69) is 34.4 Å². The zero-order valence-electron chi connectivity index (χ0n) is 13.4. The molecule has 0 fully saturated rings. The summed E-state index contributed by atoms with van der Waals surface area (Å²) in [4.78, 5) is 13.0. The molecule has 3 N–H and O–H groups in total. The van der Waals surface area contributed by atoms with Crippen LogP contribution in [-0.2, 0) is 4.79 Å². The molecule has 0 atom stereocenters. The Bertz CT molecular complexity index is 735. The highest BCUT2D eigenvalue weighted by Crippen LogP contribution is 2.23. The minimum absolute atomic E-state index is 0.152. The van der Waals surface area contributed by atoms with Gasteiger partial charge in [0.15, 0.2) is 5.11 Å². The number of aryl methyl sites for hydroxylation is 2. The first-order valence-corrected chi connectivity index (χ1v) is 9.02. The van der Waals surface area contributed by atoms with Crippen molar-refractivity contribution in [2.75, 3.05) is 11.1 Å².